The molecule has 0 spiro atoms. The van der Waals surface area contributed by atoms with E-state index < -0.39 is 5.60 Å². The smallest absolute Gasteiger partial charge is 0.0954 e. The summed E-state index contributed by atoms with van der Waals surface area (Å²) < 4.78 is 5.10. The van der Waals surface area contributed by atoms with Crippen LogP contribution in [0.15, 0.2) is 0 Å². The molecule has 0 aromatic carbocycles. The van der Waals surface area contributed by atoms with E-state index in [0.29, 0.717) is 13.2 Å². The molecule has 0 bridgehead atoms. The van der Waals surface area contributed by atoms with Gasteiger partial charge in [0.15, 0.2) is 0 Å². The minimum Gasteiger partial charge on any atom is -0.389 e. The van der Waals surface area contributed by atoms with Gasteiger partial charge in [-0.05, 0) is 26.7 Å². The molecule has 1 unspecified atom stereocenters. The van der Waals surface area contributed by atoms with Gasteiger partial charge < -0.3 is 15.2 Å². The van der Waals surface area contributed by atoms with Crippen LogP contribution >= 0.6 is 11.3 Å². The highest BCUT2D eigenvalue weighted by atomic mass is 32.1. The summed E-state index contributed by atoms with van der Waals surface area (Å²) in [4.78, 5) is 5.88. The zero-order chi connectivity index (χ0) is 14.6. The Balaban J connectivity index is 1.91. The summed E-state index contributed by atoms with van der Waals surface area (Å²) in [6, 6.07) is 0.244. The molecule has 1 saturated carbocycles. The van der Waals surface area contributed by atoms with Gasteiger partial charge in [0.05, 0.1) is 22.9 Å². The lowest BCUT2D eigenvalue weighted by Gasteiger charge is -2.25. The van der Waals surface area contributed by atoms with Crippen LogP contribution in [-0.2, 0) is 11.2 Å². The molecule has 1 heterocycles. The third-order valence-corrected chi connectivity index (χ3v) is 5.46. The number of rotatable bonds is 7. The molecule has 2 N–H and O–H groups in total. The van der Waals surface area contributed by atoms with Crippen molar-refractivity contribution in [3.8, 4) is 0 Å². The summed E-state index contributed by atoms with van der Waals surface area (Å²) in [6.07, 6.45) is 5.01. The van der Waals surface area contributed by atoms with Gasteiger partial charge in [0.2, 0.25) is 0 Å². The van der Waals surface area contributed by atoms with Crippen molar-refractivity contribution in [1.82, 2.24) is 10.3 Å². The second kappa shape index (κ2) is 6.98. The van der Waals surface area contributed by atoms with Gasteiger partial charge in [-0.15, -0.1) is 11.3 Å². The van der Waals surface area contributed by atoms with Crippen molar-refractivity contribution in [2.75, 3.05) is 20.3 Å². The number of aliphatic hydroxyl groups is 1. The Morgan fingerprint density at radius 3 is 2.80 bits per heavy atom. The monoisotopic (exact) mass is 298 g/mol. The second-order valence-electron chi connectivity index (χ2n) is 5.83. The summed E-state index contributed by atoms with van der Waals surface area (Å²) in [5.74, 6) is 0. The molecule has 5 heteroatoms. The molecular formula is C15H26N2O2S. The maximum Gasteiger partial charge on any atom is 0.0954 e. The maximum atomic E-state index is 10.4. The highest BCUT2D eigenvalue weighted by molar-refractivity contribution is 7.11. The minimum absolute atomic E-state index is 0.244. The van der Waals surface area contributed by atoms with Crippen molar-refractivity contribution < 1.29 is 9.84 Å². The van der Waals surface area contributed by atoms with Gasteiger partial charge in [0.1, 0.15) is 0 Å². The number of aromatic nitrogens is 1. The van der Waals surface area contributed by atoms with E-state index in [1.807, 2.05) is 0 Å². The third-order valence-electron chi connectivity index (χ3n) is 4.06. The topological polar surface area (TPSA) is 54.4 Å². The van der Waals surface area contributed by atoms with Crippen LogP contribution in [0.25, 0.3) is 0 Å². The number of nitrogens with zero attached hydrogens (tertiary/aromatic N) is 1. The molecule has 1 fully saturated rings. The first kappa shape index (κ1) is 15.9. The molecule has 1 aromatic heterocycles. The Kier molecular flexibility index (Phi) is 5.55. The first-order valence-corrected chi connectivity index (χ1v) is 8.26. The normalized spacial score (nSPS) is 19.4. The highest BCUT2D eigenvalue weighted by Gasteiger charge is 2.31. The Bertz CT molecular complexity index is 428. The molecular weight excluding hydrogens is 272 g/mol. The van der Waals surface area contributed by atoms with E-state index in [2.05, 4.69) is 24.1 Å². The Morgan fingerprint density at radius 1 is 1.45 bits per heavy atom. The van der Waals surface area contributed by atoms with Crippen molar-refractivity contribution in [2.24, 2.45) is 0 Å². The first-order valence-electron chi connectivity index (χ1n) is 7.45. The van der Waals surface area contributed by atoms with E-state index >= 15 is 0 Å². The largest absolute Gasteiger partial charge is 0.389 e. The van der Waals surface area contributed by atoms with E-state index in [-0.39, 0.29) is 6.04 Å². The number of hydrogen-bond acceptors (Lipinski definition) is 5. The van der Waals surface area contributed by atoms with Crippen LogP contribution in [0.2, 0.25) is 0 Å². The van der Waals surface area contributed by atoms with E-state index in [1.165, 1.54) is 4.88 Å². The Labute approximate surface area is 125 Å². The zero-order valence-electron chi connectivity index (χ0n) is 12.7. The first-order chi connectivity index (χ1) is 9.54. The SMILES string of the molecule is COCCc1nc(C)c(C(C)NCC2(O)CCCC2)s1. The number of aryl methyl sites for hydroxylation is 1. The second-order valence-corrected chi connectivity index (χ2v) is 6.95. The van der Waals surface area contributed by atoms with Crippen molar-refractivity contribution >= 4 is 11.3 Å². The van der Waals surface area contributed by atoms with Gasteiger partial charge in [-0.2, -0.15) is 0 Å². The quantitative estimate of drug-likeness (QED) is 0.812. The molecule has 1 aliphatic rings. The molecule has 0 saturated heterocycles. The van der Waals surface area contributed by atoms with Crippen LogP contribution in [0.1, 0.15) is 54.2 Å². The molecule has 0 amide bonds. The van der Waals surface area contributed by atoms with Gasteiger partial charge in [0, 0.05) is 31.0 Å². The number of thiazole rings is 1. The summed E-state index contributed by atoms with van der Waals surface area (Å²) in [5.41, 5.74) is 0.602. The average Bonchev–Trinajstić information content (AvgIpc) is 3.01. The van der Waals surface area contributed by atoms with Crippen molar-refractivity contribution in [2.45, 2.75) is 57.6 Å². The predicted molar refractivity (Wildman–Crippen MR) is 82.3 cm³/mol. The van der Waals surface area contributed by atoms with Gasteiger partial charge in [0.25, 0.3) is 0 Å². The fourth-order valence-electron chi connectivity index (χ4n) is 2.81. The standard InChI is InChI=1S/C15H26N2O2S/c1-11(16-10-15(18)7-4-5-8-15)14-12(2)17-13(20-14)6-9-19-3/h11,16,18H,4-10H2,1-3H3. The number of hydrogen-bond donors (Lipinski definition) is 2. The molecule has 20 heavy (non-hydrogen) atoms. The van der Waals surface area contributed by atoms with Crippen LogP contribution < -0.4 is 5.32 Å². The van der Waals surface area contributed by atoms with Crippen molar-refractivity contribution in [3.63, 3.8) is 0 Å². The molecule has 1 aliphatic carbocycles. The van der Waals surface area contributed by atoms with Crippen LogP contribution in [0.3, 0.4) is 0 Å². The zero-order valence-corrected chi connectivity index (χ0v) is 13.6. The Morgan fingerprint density at radius 2 is 2.15 bits per heavy atom. The van der Waals surface area contributed by atoms with Crippen LogP contribution in [0, 0.1) is 6.92 Å². The highest BCUT2D eigenvalue weighted by Crippen LogP contribution is 2.30. The number of methoxy groups -OCH3 is 1. The lowest BCUT2D eigenvalue weighted by molar-refractivity contribution is 0.0454. The van der Waals surface area contributed by atoms with Crippen molar-refractivity contribution in [1.29, 1.82) is 0 Å². The molecule has 4 nitrogen and oxygen atoms in total. The third kappa shape index (κ3) is 4.01. The van der Waals surface area contributed by atoms with E-state index in [0.717, 1.165) is 42.8 Å². The van der Waals surface area contributed by atoms with E-state index in [1.54, 1.807) is 18.4 Å². The van der Waals surface area contributed by atoms with Crippen molar-refractivity contribution in [3.05, 3.63) is 15.6 Å². The maximum absolute atomic E-state index is 10.4. The van der Waals surface area contributed by atoms with Crippen LogP contribution in [0.4, 0.5) is 0 Å². The Hall–Kier alpha value is -0.490. The minimum atomic E-state index is -0.494. The van der Waals surface area contributed by atoms with Gasteiger partial charge >= 0.3 is 0 Å². The van der Waals surface area contributed by atoms with E-state index in [9.17, 15) is 5.11 Å². The molecule has 0 aliphatic heterocycles. The molecule has 1 atom stereocenters. The summed E-state index contributed by atoms with van der Waals surface area (Å²) in [5, 5.41) is 15.0. The summed E-state index contributed by atoms with van der Waals surface area (Å²) in [6.45, 7) is 5.61. The fraction of sp³-hybridized carbons (Fsp3) is 0.800. The van der Waals surface area contributed by atoms with Crippen LogP contribution in [-0.4, -0.2) is 36.0 Å². The van der Waals surface area contributed by atoms with Crippen LogP contribution in [0.5, 0.6) is 0 Å². The van der Waals surface area contributed by atoms with E-state index in [4.69, 9.17) is 4.74 Å². The lowest BCUT2D eigenvalue weighted by Crippen LogP contribution is -2.38. The van der Waals surface area contributed by atoms with Gasteiger partial charge in [-0.3, -0.25) is 0 Å². The summed E-state index contributed by atoms with van der Waals surface area (Å²) >= 11 is 1.75. The lowest BCUT2D eigenvalue weighted by atomic mass is 10.0. The fourth-order valence-corrected chi connectivity index (χ4v) is 3.88. The van der Waals surface area contributed by atoms with Gasteiger partial charge in [-0.25, -0.2) is 4.98 Å². The molecule has 1 aromatic rings. The predicted octanol–water partition coefficient (Wildman–Crippen LogP) is 2.60. The molecule has 0 radical (unpaired) electrons. The van der Waals surface area contributed by atoms with Gasteiger partial charge in [-0.1, -0.05) is 12.8 Å². The number of ether oxygens (including phenoxy) is 1. The molecule has 114 valence electrons. The summed E-state index contributed by atoms with van der Waals surface area (Å²) in [7, 11) is 1.72. The molecule has 2 rings (SSSR count). The number of nitrogens with one attached hydrogen (secondary N) is 1. The average molecular weight is 298 g/mol.